The van der Waals surface area contributed by atoms with E-state index in [1.54, 1.807) is 12.1 Å². The number of rotatable bonds is 4. The zero-order valence-electron chi connectivity index (χ0n) is 19.3. The van der Waals surface area contributed by atoms with Crippen LogP contribution in [0.4, 0.5) is 10.1 Å². The van der Waals surface area contributed by atoms with Gasteiger partial charge in [-0.2, -0.15) is 0 Å². The average molecular weight is 486 g/mol. The summed E-state index contributed by atoms with van der Waals surface area (Å²) in [6.07, 6.45) is 9.61. The van der Waals surface area contributed by atoms with Crippen molar-refractivity contribution in [1.82, 2.24) is 10.1 Å². The summed E-state index contributed by atoms with van der Waals surface area (Å²) in [6.45, 7) is 2.03. The summed E-state index contributed by atoms with van der Waals surface area (Å²) in [6, 6.07) is 15.4. The molecule has 0 unspecified atom stereocenters. The molecule has 2 fully saturated rings. The number of hydrogen-bond acceptors (Lipinski definition) is 4. The highest BCUT2D eigenvalue weighted by atomic mass is 35.5. The van der Waals surface area contributed by atoms with Crippen molar-refractivity contribution in [2.75, 3.05) is 18.0 Å². The average Bonchev–Trinajstić information content (AvgIpc) is 3.62. The smallest absolute Gasteiger partial charge is 0.147 e. The standard InChI is InChI=1S/C29H25ClFN3O/c30-22-4-1-5-23(31)26(22)27-25(28(35-33-27)18-6-7-18)20-16-29(17-20)10-13-34(14-11-29)21-8-9-24-19(15-21)3-2-12-32-24/h1-5,8-9,12,15-16,18H,6-7,10-11,13-14,17H2. The van der Waals surface area contributed by atoms with Crippen LogP contribution < -0.4 is 4.90 Å². The second-order valence-electron chi connectivity index (χ2n) is 10.2. The van der Waals surface area contributed by atoms with Crippen molar-refractivity contribution in [3.8, 4) is 11.3 Å². The fraction of sp³-hybridized carbons (Fsp3) is 0.310. The van der Waals surface area contributed by atoms with Crippen LogP contribution >= 0.6 is 11.6 Å². The van der Waals surface area contributed by atoms with Gasteiger partial charge in [0.25, 0.3) is 0 Å². The van der Waals surface area contributed by atoms with E-state index in [1.807, 2.05) is 12.3 Å². The zero-order valence-corrected chi connectivity index (χ0v) is 20.1. The topological polar surface area (TPSA) is 42.2 Å². The number of aromatic nitrogens is 2. The second-order valence-corrected chi connectivity index (χ2v) is 10.6. The van der Waals surface area contributed by atoms with E-state index in [4.69, 9.17) is 16.1 Å². The van der Waals surface area contributed by atoms with Gasteiger partial charge in [-0.3, -0.25) is 4.98 Å². The summed E-state index contributed by atoms with van der Waals surface area (Å²) < 4.78 is 20.6. The third-order valence-electron chi connectivity index (χ3n) is 7.92. The zero-order chi connectivity index (χ0) is 23.6. The molecule has 0 N–H and O–H groups in total. The summed E-state index contributed by atoms with van der Waals surface area (Å²) in [5, 5.41) is 5.88. The Morgan fingerprint density at radius 1 is 1.03 bits per heavy atom. The Hall–Kier alpha value is -3.18. The van der Waals surface area contributed by atoms with Crippen LogP contribution in [0.25, 0.3) is 27.7 Å². The van der Waals surface area contributed by atoms with Crippen LogP contribution in [-0.2, 0) is 0 Å². The number of fused-ring (bicyclic) bond motifs is 1. The monoisotopic (exact) mass is 485 g/mol. The van der Waals surface area contributed by atoms with Crippen molar-refractivity contribution < 1.29 is 8.91 Å². The van der Waals surface area contributed by atoms with Crippen molar-refractivity contribution >= 4 is 33.8 Å². The van der Waals surface area contributed by atoms with Gasteiger partial charge in [0.2, 0.25) is 0 Å². The molecule has 0 amide bonds. The minimum Gasteiger partial charge on any atom is -0.371 e. The SMILES string of the molecule is Fc1cccc(Cl)c1-c1noc(C2CC2)c1C1=CC2(CCN(c3ccc4ncccc4c3)CC2)C1. The van der Waals surface area contributed by atoms with Gasteiger partial charge in [0.05, 0.1) is 16.1 Å². The minimum absolute atomic E-state index is 0.193. The fourth-order valence-corrected chi connectivity index (χ4v) is 6.06. The lowest BCUT2D eigenvalue weighted by molar-refractivity contribution is 0.277. The van der Waals surface area contributed by atoms with Crippen molar-refractivity contribution in [2.45, 2.75) is 38.0 Å². The second kappa shape index (κ2) is 7.92. The molecule has 3 heterocycles. The highest BCUT2D eigenvalue weighted by Crippen LogP contribution is 2.56. The quantitative estimate of drug-likeness (QED) is 0.298. The van der Waals surface area contributed by atoms with Gasteiger partial charge in [-0.1, -0.05) is 35.0 Å². The van der Waals surface area contributed by atoms with E-state index >= 15 is 0 Å². The van der Waals surface area contributed by atoms with Gasteiger partial charge in [0.15, 0.2) is 0 Å². The minimum atomic E-state index is -0.358. The summed E-state index contributed by atoms with van der Waals surface area (Å²) in [5.74, 6) is 0.934. The molecule has 0 bridgehead atoms. The van der Waals surface area contributed by atoms with E-state index in [0.717, 1.165) is 62.0 Å². The van der Waals surface area contributed by atoms with Gasteiger partial charge in [-0.15, -0.1) is 0 Å². The van der Waals surface area contributed by atoms with Crippen LogP contribution in [0.5, 0.6) is 0 Å². The van der Waals surface area contributed by atoms with Crippen molar-refractivity contribution in [3.05, 3.63) is 83.0 Å². The Labute approximate surface area is 208 Å². The van der Waals surface area contributed by atoms with Crippen molar-refractivity contribution in [2.24, 2.45) is 5.41 Å². The molecule has 1 saturated heterocycles. The fourth-order valence-electron chi connectivity index (χ4n) is 5.80. The summed E-state index contributed by atoms with van der Waals surface area (Å²) in [4.78, 5) is 6.91. The van der Waals surface area contributed by atoms with E-state index in [2.05, 4.69) is 45.4 Å². The van der Waals surface area contributed by atoms with Crippen LogP contribution in [0.15, 0.2) is 65.3 Å². The number of pyridine rings is 1. The maximum Gasteiger partial charge on any atom is 0.147 e. The van der Waals surface area contributed by atoms with Crippen molar-refractivity contribution in [3.63, 3.8) is 0 Å². The van der Waals surface area contributed by atoms with E-state index in [-0.39, 0.29) is 11.2 Å². The lowest BCUT2D eigenvalue weighted by Crippen LogP contribution is -2.42. The Balaban J connectivity index is 1.16. The Bertz CT molecular complexity index is 1460. The Kier molecular flexibility index (Phi) is 4.78. The number of allylic oxidation sites excluding steroid dienone is 2. The molecule has 2 aromatic carbocycles. The molecule has 1 spiro atoms. The number of benzene rings is 2. The summed E-state index contributed by atoms with van der Waals surface area (Å²) >= 11 is 6.41. The maximum absolute atomic E-state index is 14.8. The van der Waals surface area contributed by atoms with Gasteiger partial charge < -0.3 is 9.42 Å². The number of anilines is 1. The molecule has 35 heavy (non-hydrogen) atoms. The first-order chi connectivity index (χ1) is 17.1. The molecule has 2 aliphatic carbocycles. The molecule has 176 valence electrons. The molecule has 0 atom stereocenters. The predicted octanol–water partition coefficient (Wildman–Crippen LogP) is 7.63. The predicted molar refractivity (Wildman–Crippen MR) is 137 cm³/mol. The highest BCUT2D eigenvalue weighted by Gasteiger charge is 2.44. The van der Waals surface area contributed by atoms with Crippen LogP contribution in [0.3, 0.4) is 0 Å². The summed E-state index contributed by atoms with van der Waals surface area (Å²) in [5.41, 5.74) is 5.60. The largest absolute Gasteiger partial charge is 0.371 e. The molecule has 2 aromatic heterocycles. The summed E-state index contributed by atoms with van der Waals surface area (Å²) in [7, 11) is 0. The lowest BCUT2D eigenvalue weighted by Gasteiger charge is -2.47. The van der Waals surface area contributed by atoms with E-state index in [1.165, 1.54) is 22.7 Å². The molecule has 1 aliphatic heterocycles. The van der Waals surface area contributed by atoms with Gasteiger partial charge in [-0.25, -0.2) is 4.39 Å². The first-order valence-corrected chi connectivity index (χ1v) is 12.7. The van der Waals surface area contributed by atoms with Crippen molar-refractivity contribution in [1.29, 1.82) is 0 Å². The first kappa shape index (κ1) is 21.1. The van der Waals surface area contributed by atoms with Crippen LogP contribution in [0, 0.1) is 11.2 Å². The molecule has 4 aromatic rings. The molecule has 4 nitrogen and oxygen atoms in total. The van der Waals surface area contributed by atoms with Gasteiger partial charge in [0.1, 0.15) is 17.3 Å². The lowest BCUT2D eigenvalue weighted by atomic mass is 9.63. The van der Waals surface area contributed by atoms with Crippen LogP contribution in [0.1, 0.15) is 49.3 Å². The third kappa shape index (κ3) is 3.56. The Morgan fingerprint density at radius 2 is 1.86 bits per heavy atom. The van der Waals surface area contributed by atoms with Gasteiger partial charge in [-0.05, 0) is 79.5 Å². The van der Waals surface area contributed by atoms with Crippen LogP contribution in [-0.4, -0.2) is 23.2 Å². The Morgan fingerprint density at radius 3 is 2.63 bits per heavy atom. The van der Waals surface area contributed by atoms with E-state index < -0.39 is 0 Å². The number of piperidine rings is 1. The molecule has 0 radical (unpaired) electrons. The molecule has 1 saturated carbocycles. The number of halogens is 2. The van der Waals surface area contributed by atoms with E-state index in [0.29, 0.717) is 22.2 Å². The first-order valence-electron chi connectivity index (χ1n) is 12.4. The number of hydrogen-bond donors (Lipinski definition) is 0. The number of nitrogens with zero attached hydrogens (tertiary/aromatic N) is 3. The normalized spacial score (nSPS) is 19.1. The van der Waals surface area contributed by atoms with Gasteiger partial charge in [0, 0.05) is 41.8 Å². The van der Waals surface area contributed by atoms with E-state index in [9.17, 15) is 4.39 Å². The highest BCUT2D eigenvalue weighted by molar-refractivity contribution is 6.33. The van der Waals surface area contributed by atoms with Gasteiger partial charge >= 0.3 is 0 Å². The van der Waals surface area contributed by atoms with Crippen LogP contribution in [0.2, 0.25) is 5.02 Å². The molecular formula is C29H25ClFN3O. The third-order valence-corrected chi connectivity index (χ3v) is 8.24. The molecule has 3 aliphatic rings. The molecule has 7 rings (SSSR count). The molecule has 6 heteroatoms. The maximum atomic E-state index is 14.8. The molecular weight excluding hydrogens is 461 g/mol.